The number of benzene rings is 3. The predicted octanol–water partition coefficient (Wildman–Crippen LogP) is 5.48. The third kappa shape index (κ3) is 3.17. The van der Waals surface area contributed by atoms with Crippen molar-refractivity contribution in [2.75, 3.05) is 7.11 Å². The molecular weight excluding hydrogens is 405 g/mol. The van der Waals surface area contributed by atoms with Gasteiger partial charge in [-0.3, -0.25) is 4.79 Å². The number of hydrogen-bond donors (Lipinski definition) is 1. The fourth-order valence-electron chi connectivity index (χ4n) is 4.03. The predicted molar refractivity (Wildman–Crippen MR) is 123 cm³/mol. The minimum atomic E-state index is -0.528. The van der Waals surface area contributed by atoms with Gasteiger partial charge < -0.3 is 9.72 Å². The van der Waals surface area contributed by atoms with E-state index in [1.165, 1.54) is 23.8 Å². The molecule has 0 fully saturated rings. The van der Waals surface area contributed by atoms with E-state index in [0.717, 1.165) is 16.7 Å². The number of ether oxygens (including phenoxy) is 1. The highest BCUT2D eigenvalue weighted by molar-refractivity contribution is 5.91. The first-order valence-electron chi connectivity index (χ1n) is 10.2. The monoisotopic (exact) mass is 425 g/mol. The van der Waals surface area contributed by atoms with Gasteiger partial charge in [-0.15, -0.1) is 0 Å². The topological polar surface area (TPSA) is 59.4 Å². The number of aryl methyl sites for hydroxylation is 1. The molecule has 0 radical (unpaired) electrons. The second-order valence-electron chi connectivity index (χ2n) is 7.50. The summed E-state index contributed by atoms with van der Waals surface area (Å²) < 4.78 is 20.7. The summed E-state index contributed by atoms with van der Waals surface area (Å²) in [6.07, 6.45) is 0. The molecule has 5 nitrogen and oxygen atoms in total. The molecule has 0 aliphatic rings. The maximum absolute atomic E-state index is 14.4. The molecule has 158 valence electrons. The molecule has 1 N–H and O–H groups in total. The van der Waals surface area contributed by atoms with Crippen LogP contribution in [0.15, 0.2) is 83.7 Å². The van der Waals surface area contributed by atoms with Crippen LogP contribution in [0, 0.1) is 12.7 Å². The quantitative estimate of drug-likeness (QED) is 0.415. The van der Waals surface area contributed by atoms with Crippen molar-refractivity contribution in [3.63, 3.8) is 0 Å². The lowest BCUT2D eigenvalue weighted by Crippen LogP contribution is -2.19. The minimum absolute atomic E-state index is 0.126. The van der Waals surface area contributed by atoms with E-state index in [2.05, 4.69) is 4.98 Å². The zero-order chi connectivity index (χ0) is 22.2. The third-order valence-electron chi connectivity index (χ3n) is 5.52. The van der Waals surface area contributed by atoms with Gasteiger partial charge in [0.25, 0.3) is 5.56 Å². The Labute approximate surface area is 183 Å². The molecule has 0 amide bonds. The molecule has 0 bridgehead atoms. The highest BCUT2D eigenvalue weighted by atomic mass is 19.1. The Morgan fingerprint density at radius 2 is 1.53 bits per heavy atom. The molecule has 32 heavy (non-hydrogen) atoms. The number of aromatic amines is 1. The summed E-state index contributed by atoms with van der Waals surface area (Å²) in [5.41, 5.74) is 5.10. The molecule has 0 aliphatic heterocycles. The summed E-state index contributed by atoms with van der Waals surface area (Å²) in [6.45, 7) is 1.81. The molecule has 2 heterocycles. The van der Waals surface area contributed by atoms with E-state index in [9.17, 15) is 9.18 Å². The van der Waals surface area contributed by atoms with Gasteiger partial charge in [0, 0.05) is 11.3 Å². The van der Waals surface area contributed by atoms with Crippen molar-refractivity contribution in [2.45, 2.75) is 6.92 Å². The Kier molecular flexibility index (Phi) is 4.82. The number of halogens is 1. The van der Waals surface area contributed by atoms with Crippen molar-refractivity contribution in [1.82, 2.24) is 14.6 Å². The summed E-state index contributed by atoms with van der Waals surface area (Å²) in [6, 6.07) is 24.1. The first-order valence-corrected chi connectivity index (χ1v) is 10.2. The van der Waals surface area contributed by atoms with Crippen molar-refractivity contribution in [3.05, 3.63) is 101 Å². The lowest BCUT2D eigenvalue weighted by atomic mass is 10.0. The Balaban J connectivity index is 1.83. The number of aromatic nitrogens is 3. The Morgan fingerprint density at radius 1 is 0.875 bits per heavy atom. The summed E-state index contributed by atoms with van der Waals surface area (Å²) >= 11 is 0. The minimum Gasteiger partial charge on any atom is -0.494 e. The van der Waals surface area contributed by atoms with E-state index in [0.29, 0.717) is 28.2 Å². The van der Waals surface area contributed by atoms with E-state index in [1.54, 1.807) is 6.07 Å². The standard InChI is InChI=1S/C26H20FN3O2/c1-16-22(19-13-14-21(32-2)20(27)15-19)26(31)30-25(28-16)23(17-9-5-3-6-10-17)24(29-30)18-11-7-4-8-12-18/h3-15,28H,1-2H3. The first kappa shape index (κ1) is 19.8. The van der Waals surface area contributed by atoms with Crippen LogP contribution in [0.5, 0.6) is 5.75 Å². The molecule has 0 saturated heterocycles. The van der Waals surface area contributed by atoms with Crippen LogP contribution in [-0.2, 0) is 0 Å². The maximum Gasteiger partial charge on any atom is 0.282 e. The van der Waals surface area contributed by atoms with Crippen LogP contribution in [0.4, 0.5) is 4.39 Å². The van der Waals surface area contributed by atoms with Crippen molar-refractivity contribution >= 4 is 5.65 Å². The van der Waals surface area contributed by atoms with Gasteiger partial charge in [0.05, 0.1) is 18.2 Å². The van der Waals surface area contributed by atoms with E-state index in [4.69, 9.17) is 9.84 Å². The van der Waals surface area contributed by atoms with Gasteiger partial charge in [-0.05, 0) is 30.2 Å². The Morgan fingerprint density at radius 3 is 2.16 bits per heavy atom. The molecule has 0 atom stereocenters. The van der Waals surface area contributed by atoms with Crippen LogP contribution in [0.3, 0.4) is 0 Å². The van der Waals surface area contributed by atoms with Crippen molar-refractivity contribution in [2.24, 2.45) is 0 Å². The number of nitrogens with one attached hydrogen (secondary N) is 1. The summed E-state index contributed by atoms with van der Waals surface area (Å²) in [4.78, 5) is 16.9. The summed E-state index contributed by atoms with van der Waals surface area (Å²) in [5.74, 6) is -0.403. The van der Waals surface area contributed by atoms with Gasteiger partial charge >= 0.3 is 0 Å². The van der Waals surface area contributed by atoms with Crippen molar-refractivity contribution in [3.8, 4) is 39.3 Å². The molecular formula is C26H20FN3O2. The molecule has 0 unspecified atom stereocenters. The molecule has 6 heteroatoms. The van der Waals surface area contributed by atoms with E-state index >= 15 is 0 Å². The second-order valence-corrected chi connectivity index (χ2v) is 7.50. The molecule has 0 saturated carbocycles. The van der Waals surface area contributed by atoms with Crippen LogP contribution >= 0.6 is 0 Å². The molecule has 5 aromatic rings. The zero-order valence-electron chi connectivity index (χ0n) is 17.6. The number of rotatable bonds is 4. The van der Waals surface area contributed by atoms with Gasteiger partial charge in [0.2, 0.25) is 0 Å². The van der Waals surface area contributed by atoms with Crippen LogP contribution < -0.4 is 10.3 Å². The molecule has 5 rings (SSSR count). The summed E-state index contributed by atoms with van der Waals surface area (Å²) in [5, 5.41) is 4.70. The number of nitrogens with zero attached hydrogens (tertiary/aromatic N) is 2. The van der Waals surface area contributed by atoms with Crippen LogP contribution in [0.1, 0.15) is 5.69 Å². The zero-order valence-corrected chi connectivity index (χ0v) is 17.6. The molecule has 0 spiro atoms. The van der Waals surface area contributed by atoms with Crippen LogP contribution in [0.2, 0.25) is 0 Å². The number of methoxy groups -OCH3 is 1. The van der Waals surface area contributed by atoms with Crippen molar-refractivity contribution in [1.29, 1.82) is 0 Å². The normalized spacial score (nSPS) is 11.1. The summed E-state index contributed by atoms with van der Waals surface area (Å²) in [7, 11) is 1.40. The highest BCUT2D eigenvalue weighted by Gasteiger charge is 2.21. The largest absolute Gasteiger partial charge is 0.494 e. The van der Waals surface area contributed by atoms with E-state index in [1.807, 2.05) is 67.6 Å². The van der Waals surface area contributed by atoms with Gasteiger partial charge in [-0.25, -0.2) is 4.39 Å². The molecule has 0 aliphatic carbocycles. The first-order chi connectivity index (χ1) is 15.6. The van der Waals surface area contributed by atoms with Crippen LogP contribution in [0.25, 0.3) is 39.2 Å². The maximum atomic E-state index is 14.4. The van der Waals surface area contributed by atoms with Gasteiger partial charge in [-0.2, -0.15) is 9.61 Å². The fraction of sp³-hybridized carbons (Fsp3) is 0.0769. The third-order valence-corrected chi connectivity index (χ3v) is 5.52. The van der Waals surface area contributed by atoms with Gasteiger partial charge in [-0.1, -0.05) is 66.7 Å². The number of fused-ring (bicyclic) bond motifs is 1. The highest BCUT2D eigenvalue weighted by Crippen LogP contribution is 2.35. The average molecular weight is 425 g/mol. The van der Waals surface area contributed by atoms with E-state index in [-0.39, 0.29) is 11.3 Å². The Bertz CT molecular complexity index is 1490. The molecule has 2 aromatic heterocycles. The van der Waals surface area contributed by atoms with Crippen molar-refractivity contribution < 1.29 is 9.13 Å². The second kappa shape index (κ2) is 7.81. The Hall–Kier alpha value is -4.19. The lowest BCUT2D eigenvalue weighted by Gasteiger charge is -2.09. The van der Waals surface area contributed by atoms with Gasteiger partial charge in [0.15, 0.2) is 11.6 Å². The molecule has 3 aromatic carbocycles. The lowest BCUT2D eigenvalue weighted by molar-refractivity contribution is 0.386. The van der Waals surface area contributed by atoms with Crippen LogP contribution in [-0.4, -0.2) is 21.7 Å². The van der Waals surface area contributed by atoms with Gasteiger partial charge in [0.1, 0.15) is 11.3 Å². The number of H-pyrrole nitrogens is 1. The van der Waals surface area contributed by atoms with E-state index < -0.39 is 5.82 Å². The average Bonchev–Trinajstić information content (AvgIpc) is 3.20. The smallest absolute Gasteiger partial charge is 0.282 e. The number of hydrogen-bond acceptors (Lipinski definition) is 3. The fourth-order valence-corrected chi connectivity index (χ4v) is 4.03. The SMILES string of the molecule is COc1ccc(-c2c(C)[nH]c3c(-c4ccccc4)c(-c4ccccc4)nn3c2=O)cc1F.